The van der Waals surface area contributed by atoms with Crippen molar-refractivity contribution in [3.05, 3.63) is 29.3 Å². The molecule has 0 aliphatic heterocycles. The second kappa shape index (κ2) is 6.60. The fraction of sp³-hybridized carbons (Fsp3) is 0.417. The second-order valence-electron chi connectivity index (χ2n) is 3.56. The summed E-state index contributed by atoms with van der Waals surface area (Å²) in [6, 6.07) is 6.74. The number of hydrogen-bond acceptors (Lipinski definition) is 4. The third-order valence-electron chi connectivity index (χ3n) is 2.46. The van der Waals surface area contributed by atoms with Gasteiger partial charge in [-0.15, -0.1) is 0 Å². The van der Waals surface area contributed by atoms with E-state index < -0.39 is 12.2 Å². The van der Waals surface area contributed by atoms with Crippen molar-refractivity contribution in [2.24, 2.45) is 0 Å². The van der Waals surface area contributed by atoms with Gasteiger partial charge >= 0.3 is 0 Å². The molecule has 0 aromatic heterocycles. The first-order valence-electron chi connectivity index (χ1n) is 5.14. The molecule has 5 heteroatoms. The van der Waals surface area contributed by atoms with Gasteiger partial charge in [-0.1, -0.05) is 22.0 Å². The number of ether oxygens (including phenoxy) is 1. The molecule has 0 saturated carbocycles. The van der Waals surface area contributed by atoms with Gasteiger partial charge in [0.15, 0.2) is 0 Å². The molecule has 1 aromatic carbocycles. The quantitative estimate of drug-likeness (QED) is 0.812. The molecule has 0 spiro atoms. The number of nitriles is 1. The summed E-state index contributed by atoms with van der Waals surface area (Å²) in [5.74, 6) is 0.398. The van der Waals surface area contributed by atoms with Crippen molar-refractivity contribution in [3.63, 3.8) is 0 Å². The molecule has 2 N–H and O–H groups in total. The third kappa shape index (κ3) is 3.43. The summed E-state index contributed by atoms with van der Waals surface area (Å²) in [4.78, 5) is 0. The molecule has 1 aromatic rings. The number of benzene rings is 1. The summed E-state index contributed by atoms with van der Waals surface area (Å²) in [6.07, 6.45) is -1.37. The van der Waals surface area contributed by atoms with Crippen LogP contribution in [-0.2, 0) is 0 Å². The molecule has 0 radical (unpaired) electrons. The lowest BCUT2D eigenvalue weighted by Gasteiger charge is -2.18. The summed E-state index contributed by atoms with van der Waals surface area (Å²) in [6.45, 7) is 0. The number of methoxy groups -OCH3 is 1. The highest BCUT2D eigenvalue weighted by Gasteiger charge is 2.19. The van der Waals surface area contributed by atoms with Crippen LogP contribution in [-0.4, -0.2) is 28.8 Å². The molecule has 17 heavy (non-hydrogen) atoms. The Bertz CT molecular complexity index is 417. The zero-order valence-electron chi connectivity index (χ0n) is 9.43. The largest absolute Gasteiger partial charge is 0.495 e. The highest BCUT2D eigenvalue weighted by Crippen LogP contribution is 2.26. The van der Waals surface area contributed by atoms with Crippen molar-refractivity contribution in [1.29, 1.82) is 5.26 Å². The molecule has 0 fully saturated rings. The van der Waals surface area contributed by atoms with Gasteiger partial charge in [0.05, 0.1) is 18.8 Å². The minimum Gasteiger partial charge on any atom is -0.495 e. The third-order valence-corrected chi connectivity index (χ3v) is 2.91. The average Bonchev–Trinajstić information content (AvgIpc) is 2.37. The number of halogens is 1. The molecule has 0 heterocycles. The van der Waals surface area contributed by atoms with Gasteiger partial charge in [0.2, 0.25) is 0 Å². The Balaban J connectivity index is 2.96. The van der Waals surface area contributed by atoms with Gasteiger partial charge in [-0.2, -0.15) is 5.26 Å². The Kier molecular flexibility index (Phi) is 5.42. The second-order valence-corrected chi connectivity index (χ2v) is 4.35. The zero-order valence-corrected chi connectivity index (χ0v) is 11.0. The Morgan fingerprint density at radius 3 is 2.71 bits per heavy atom. The minimum atomic E-state index is -0.978. The van der Waals surface area contributed by atoms with E-state index in [4.69, 9.17) is 10.00 Å². The van der Waals surface area contributed by atoms with Gasteiger partial charge in [-0.25, -0.2) is 0 Å². The van der Waals surface area contributed by atoms with Crippen LogP contribution >= 0.6 is 15.9 Å². The van der Waals surface area contributed by atoms with Crippen molar-refractivity contribution >= 4 is 15.9 Å². The predicted octanol–water partition coefficient (Wildman–Crippen LogP) is 1.75. The average molecular weight is 300 g/mol. The fourth-order valence-corrected chi connectivity index (χ4v) is 1.95. The van der Waals surface area contributed by atoms with E-state index in [0.29, 0.717) is 28.6 Å². The van der Waals surface area contributed by atoms with E-state index in [1.54, 1.807) is 18.2 Å². The van der Waals surface area contributed by atoms with E-state index in [-0.39, 0.29) is 0 Å². The first kappa shape index (κ1) is 14.0. The molecular formula is C12H14BrNO3. The Morgan fingerprint density at radius 1 is 1.47 bits per heavy atom. The van der Waals surface area contributed by atoms with Gasteiger partial charge in [-0.05, 0) is 24.1 Å². The van der Waals surface area contributed by atoms with E-state index >= 15 is 0 Å². The maximum Gasteiger partial charge on any atom is 0.136 e. The molecule has 0 saturated heterocycles. The van der Waals surface area contributed by atoms with Gasteiger partial charge < -0.3 is 14.9 Å². The smallest absolute Gasteiger partial charge is 0.136 e. The van der Waals surface area contributed by atoms with Crippen LogP contribution in [0.4, 0.5) is 0 Å². The number of aliphatic hydroxyl groups excluding tert-OH is 2. The summed E-state index contributed by atoms with van der Waals surface area (Å²) in [5.41, 5.74) is 0.938. The number of aliphatic hydroxyl groups is 2. The molecule has 0 aliphatic rings. The van der Waals surface area contributed by atoms with E-state index in [2.05, 4.69) is 15.9 Å². The Labute approximate surface area is 109 Å². The van der Waals surface area contributed by atoms with Crippen LogP contribution in [0.25, 0.3) is 0 Å². The molecule has 1 rings (SSSR count). The molecule has 0 bridgehead atoms. The van der Waals surface area contributed by atoms with Crippen LogP contribution in [0.5, 0.6) is 5.75 Å². The van der Waals surface area contributed by atoms with Crippen molar-refractivity contribution in [1.82, 2.24) is 0 Å². The minimum absolute atomic E-state index is 0.398. The zero-order chi connectivity index (χ0) is 12.8. The Morgan fingerprint density at radius 2 is 2.18 bits per heavy atom. The van der Waals surface area contributed by atoms with Crippen LogP contribution in [0.3, 0.4) is 0 Å². The lowest BCUT2D eigenvalue weighted by atomic mass is 10.0. The van der Waals surface area contributed by atoms with Crippen LogP contribution in [0.2, 0.25) is 0 Å². The van der Waals surface area contributed by atoms with Gasteiger partial charge in [0.1, 0.15) is 17.9 Å². The van der Waals surface area contributed by atoms with Crippen molar-refractivity contribution < 1.29 is 14.9 Å². The van der Waals surface area contributed by atoms with Crippen LogP contribution < -0.4 is 4.74 Å². The molecule has 0 amide bonds. The monoisotopic (exact) mass is 299 g/mol. The lowest BCUT2D eigenvalue weighted by molar-refractivity contribution is 0.0172. The van der Waals surface area contributed by atoms with Crippen LogP contribution in [0, 0.1) is 11.3 Å². The summed E-state index contributed by atoms with van der Waals surface area (Å²) >= 11 is 3.20. The van der Waals surface area contributed by atoms with E-state index in [0.717, 1.165) is 0 Å². The molecule has 92 valence electrons. The van der Waals surface area contributed by atoms with Crippen molar-refractivity contribution in [2.75, 3.05) is 12.4 Å². The van der Waals surface area contributed by atoms with Gasteiger partial charge in [-0.3, -0.25) is 0 Å². The summed E-state index contributed by atoms with van der Waals surface area (Å²) in [5, 5.41) is 29.0. The SMILES string of the molecule is COc1cc(C(O)C(O)CCBr)ccc1C#N. The molecule has 0 aliphatic carbocycles. The van der Waals surface area contributed by atoms with E-state index in [1.165, 1.54) is 7.11 Å². The number of alkyl halides is 1. The lowest BCUT2D eigenvalue weighted by Crippen LogP contribution is -2.18. The maximum atomic E-state index is 9.89. The van der Waals surface area contributed by atoms with Gasteiger partial charge in [0.25, 0.3) is 0 Å². The molecular weight excluding hydrogens is 286 g/mol. The van der Waals surface area contributed by atoms with Crippen molar-refractivity contribution in [2.45, 2.75) is 18.6 Å². The fourth-order valence-electron chi connectivity index (χ4n) is 1.48. The first-order chi connectivity index (χ1) is 8.13. The highest BCUT2D eigenvalue weighted by atomic mass is 79.9. The highest BCUT2D eigenvalue weighted by molar-refractivity contribution is 9.09. The van der Waals surface area contributed by atoms with Crippen LogP contribution in [0.15, 0.2) is 18.2 Å². The number of nitrogens with zero attached hydrogens (tertiary/aromatic N) is 1. The molecule has 4 nitrogen and oxygen atoms in total. The normalized spacial score (nSPS) is 13.8. The first-order valence-corrected chi connectivity index (χ1v) is 6.26. The Hall–Kier alpha value is -1.09. The molecule has 2 atom stereocenters. The van der Waals surface area contributed by atoms with Crippen LogP contribution in [0.1, 0.15) is 23.7 Å². The van der Waals surface area contributed by atoms with Gasteiger partial charge in [0, 0.05) is 5.33 Å². The topological polar surface area (TPSA) is 73.5 Å². The van der Waals surface area contributed by atoms with E-state index in [9.17, 15) is 10.2 Å². The van der Waals surface area contributed by atoms with Crippen molar-refractivity contribution in [3.8, 4) is 11.8 Å². The maximum absolute atomic E-state index is 9.89. The van der Waals surface area contributed by atoms with E-state index in [1.807, 2.05) is 6.07 Å². The number of hydrogen-bond donors (Lipinski definition) is 2. The summed E-state index contributed by atoms with van der Waals surface area (Å²) in [7, 11) is 1.46. The predicted molar refractivity (Wildman–Crippen MR) is 67.1 cm³/mol. The standard InChI is InChI=1S/C12H14BrNO3/c1-17-11-6-8(2-3-9(11)7-14)12(16)10(15)4-5-13/h2-3,6,10,12,15-16H,4-5H2,1H3. The number of rotatable bonds is 5. The molecule has 2 unspecified atom stereocenters. The summed E-state index contributed by atoms with van der Waals surface area (Å²) < 4.78 is 5.04.